The van der Waals surface area contributed by atoms with Crippen LogP contribution in [0.15, 0.2) is 78.9 Å². The highest BCUT2D eigenvalue weighted by molar-refractivity contribution is 7.90. The molecule has 0 aliphatic carbocycles. The van der Waals surface area contributed by atoms with Crippen LogP contribution in [0.2, 0.25) is 0 Å². The van der Waals surface area contributed by atoms with E-state index in [9.17, 15) is 32.0 Å². The highest BCUT2D eigenvalue weighted by Gasteiger charge is 2.50. The number of nitrogens with zero attached hydrogens (tertiary/aromatic N) is 3. The average Bonchev–Trinajstić information content (AvgIpc) is 2.98. The average molecular weight is 621 g/mol. The van der Waals surface area contributed by atoms with Gasteiger partial charge >= 0.3 is 6.03 Å². The zero-order valence-corrected chi connectivity index (χ0v) is 25.0. The van der Waals surface area contributed by atoms with Crippen LogP contribution in [0.4, 0.5) is 14.9 Å². The van der Waals surface area contributed by atoms with Crippen molar-refractivity contribution < 1.29 is 32.0 Å². The van der Waals surface area contributed by atoms with Crippen LogP contribution in [0.25, 0.3) is 0 Å². The van der Waals surface area contributed by atoms with Gasteiger partial charge in [0, 0.05) is 30.8 Å². The first kappa shape index (κ1) is 30.9. The molecule has 0 bridgehead atoms. The number of carbonyl (C=O) groups is 4. The molecular weight excluding hydrogens is 587 g/mol. The second kappa shape index (κ2) is 13.0. The topological polar surface area (TPSA) is 124 Å². The zero-order chi connectivity index (χ0) is 31.4. The first-order valence-corrected chi connectivity index (χ1v) is 16.1. The number of fused-ring (bicyclic) bond motifs is 1. The van der Waals surface area contributed by atoms with E-state index in [1.807, 2.05) is 0 Å². The summed E-state index contributed by atoms with van der Waals surface area (Å²) in [6.45, 7) is 1.60. The zero-order valence-electron chi connectivity index (χ0n) is 24.2. The number of anilines is 1. The van der Waals surface area contributed by atoms with E-state index in [-0.39, 0.29) is 37.6 Å². The van der Waals surface area contributed by atoms with Gasteiger partial charge in [-0.05, 0) is 60.9 Å². The quantitative estimate of drug-likeness (QED) is 0.366. The molecule has 3 aromatic rings. The monoisotopic (exact) mass is 620 g/mol. The number of Topliss-reactive ketones (excluding diaryl/α,β-unsaturated/α-hetero) is 1. The molecule has 0 saturated carbocycles. The van der Waals surface area contributed by atoms with Crippen LogP contribution >= 0.6 is 0 Å². The maximum Gasteiger partial charge on any atom is 0.323 e. The Morgan fingerprint density at radius 2 is 1.66 bits per heavy atom. The Bertz CT molecular complexity index is 1670. The summed E-state index contributed by atoms with van der Waals surface area (Å²) in [5, 5.41) is 2.79. The Kier molecular flexibility index (Phi) is 9.09. The second-order valence-corrected chi connectivity index (χ2v) is 13.1. The summed E-state index contributed by atoms with van der Waals surface area (Å²) >= 11 is 0. The summed E-state index contributed by atoms with van der Waals surface area (Å²) in [6, 6.07) is 19.0. The summed E-state index contributed by atoms with van der Waals surface area (Å²) in [7, 11) is -3.87. The molecule has 44 heavy (non-hydrogen) atoms. The molecule has 12 heteroatoms. The smallest absolute Gasteiger partial charge is 0.323 e. The van der Waals surface area contributed by atoms with Crippen LogP contribution in [-0.2, 0) is 31.6 Å². The number of nitrogens with one attached hydrogen (secondary N) is 1. The summed E-state index contributed by atoms with van der Waals surface area (Å²) < 4.78 is 40.6. The lowest BCUT2D eigenvalue weighted by Crippen LogP contribution is -2.72. The maximum absolute atomic E-state index is 13.8. The molecule has 2 heterocycles. The van der Waals surface area contributed by atoms with Crippen molar-refractivity contribution in [3.05, 3.63) is 101 Å². The molecule has 2 aliphatic rings. The minimum absolute atomic E-state index is 0.0359. The molecule has 0 unspecified atom stereocenters. The van der Waals surface area contributed by atoms with Crippen molar-refractivity contribution in [2.75, 3.05) is 30.7 Å². The van der Waals surface area contributed by atoms with Crippen molar-refractivity contribution in [3.8, 4) is 0 Å². The fourth-order valence-corrected chi connectivity index (χ4v) is 7.26. The molecule has 4 amide bonds. The summed E-state index contributed by atoms with van der Waals surface area (Å²) in [4.78, 5) is 56.4. The van der Waals surface area contributed by atoms with Crippen molar-refractivity contribution in [1.82, 2.24) is 14.7 Å². The first-order chi connectivity index (χ1) is 21.0. The molecule has 10 nitrogen and oxygen atoms in total. The lowest BCUT2D eigenvalue weighted by atomic mass is 10.0. The normalized spacial score (nSPS) is 18.6. The molecule has 2 fully saturated rings. The van der Waals surface area contributed by atoms with Crippen molar-refractivity contribution in [1.29, 1.82) is 0 Å². The van der Waals surface area contributed by atoms with Gasteiger partial charge in [-0.25, -0.2) is 17.6 Å². The maximum atomic E-state index is 13.8. The van der Waals surface area contributed by atoms with E-state index in [0.717, 1.165) is 0 Å². The van der Waals surface area contributed by atoms with Crippen LogP contribution < -0.4 is 5.32 Å². The number of piperazine rings is 1. The molecule has 0 spiro atoms. The number of halogens is 1. The van der Waals surface area contributed by atoms with E-state index < -0.39 is 51.5 Å². The Labute approximate surface area is 255 Å². The van der Waals surface area contributed by atoms with Crippen molar-refractivity contribution in [3.63, 3.8) is 0 Å². The van der Waals surface area contributed by atoms with E-state index in [1.165, 1.54) is 33.8 Å². The third kappa shape index (κ3) is 7.13. The minimum atomic E-state index is -3.87. The summed E-state index contributed by atoms with van der Waals surface area (Å²) in [6.07, 6.45) is -0.712. The standard InChI is InChI=1S/C32H33FN4O6S/c1-22(38)25-10-12-27(13-11-25)34-32(41)36-17-15-30(39)37-28(21-44(42,43)20-24-6-3-2-4-7-24)31(40)35(19-29(36)37)16-14-23-8-5-9-26(33)18-23/h2-13,18,28-29H,14-17,19-21H2,1H3,(H,34,41)/t28-,29+/m0/s1. The lowest BCUT2D eigenvalue weighted by Gasteiger charge is -2.52. The van der Waals surface area contributed by atoms with Crippen LogP contribution in [0.1, 0.15) is 34.8 Å². The van der Waals surface area contributed by atoms with Crippen LogP contribution in [0.5, 0.6) is 0 Å². The van der Waals surface area contributed by atoms with Crippen LogP contribution in [-0.4, -0.2) is 84.3 Å². The number of rotatable bonds is 9. The molecule has 0 aromatic heterocycles. The Morgan fingerprint density at radius 3 is 2.34 bits per heavy atom. The van der Waals surface area contributed by atoms with Gasteiger partial charge in [-0.1, -0.05) is 42.5 Å². The second-order valence-electron chi connectivity index (χ2n) is 11.0. The highest BCUT2D eigenvalue weighted by atomic mass is 32.2. The van der Waals surface area contributed by atoms with Gasteiger partial charge < -0.3 is 20.0 Å². The van der Waals surface area contributed by atoms with Gasteiger partial charge in [-0.2, -0.15) is 0 Å². The fraction of sp³-hybridized carbons (Fsp3) is 0.312. The van der Waals surface area contributed by atoms with Gasteiger partial charge in [0.15, 0.2) is 15.6 Å². The van der Waals surface area contributed by atoms with Crippen molar-refractivity contribution in [2.24, 2.45) is 0 Å². The fourth-order valence-electron chi connectivity index (χ4n) is 5.65. The van der Waals surface area contributed by atoms with Crippen LogP contribution in [0, 0.1) is 5.82 Å². The van der Waals surface area contributed by atoms with E-state index in [2.05, 4.69) is 5.32 Å². The third-order valence-electron chi connectivity index (χ3n) is 7.86. The molecule has 5 rings (SSSR count). The first-order valence-electron chi connectivity index (χ1n) is 14.3. The van der Waals surface area contributed by atoms with Crippen LogP contribution in [0.3, 0.4) is 0 Å². The molecule has 1 N–H and O–H groups in total. The number of hydrogen-bond acceptors (Lipinski definition) is 6. The molecule has 3 aromatic carbocycles. The predicted molar refractivity (Wildman–Crippen MR) is 162 cm³/mol. The largest absolute Gasteiger partial charge is 0.337 e. The Hall–Kier alpha value is -4.58. The lowest BCUT2D eigenvalue weighted by molar-refractivity contribution is -0.165. The minimum Gasteiger partial charge on any atom is -0.337 e. The molecule has 2 atom stereocenters. The number of sulfone groups is 1. The number of amides is 4. The summed E-state index contributed by atoms with van der Waals surface area (Å²) in [5.41, 5.74) is 2.12. The van der Waals surface area contributed by atoms with Gasteiger partial charge in [0.2, 0.25) is 11.8 Å². The van der Waals surface area contributed by atoms with E-state index in [1.54, 1.807) is 66.7 Å². The number of ketones is 1. The Balaban J connectivity index is 1.42. The van der Waals surface area contributed by atoms with Gasteiger partial charge in [0.1, 0.15) is 18.0 Å². The number of benzene rings is 3. The number of hydrogen-bond donors (Lipinski definition) is 1. The third-order valence-corrected chi connectivity index (χ3v) is 9.45. The molecule has 2 aliphatic heterocycles. The van der Waals surface area contributed by atoms with Crippen molar-refractivity contribution >= 4 is 39.2 Å². The van der Waals surface area contributed by atoms with Gasteiger partial charge in [-0.3, -0.25) is 14.4 Å². The molecule has 2 saturated heterocycles. The number of carbonyl (C=O) groups excluding carboxylic acids is 4. The highest BCUT2D eigenvalue weighted by Crippen LogP contribution is 2.28. The van der Waals surface area contributed by atoms with E-state index in [0.29, 0.717) is 28.8 Å². The Morgan fingerprint density at radius 1 is 0.955 bits per heavy atom. The van der Waals surface area contributed by atoms with E-state index >= 15 is 0 Å². The van der Waals surface area contributed by atoms with Crippen molar-refractivity contribution in [2.45, 2.75) is 37.7 Å². The molecule has 0 radical (unpaired) electrons. The number of urea groups is 1. The molecule has 230 valence electrons. The predicted octanol–water partition coefficient (Wildman–Crippen LogP) is 3.49. The molecular formula is C32H33FN4O6S. The summed E-state index contributed by atoms with van der Waals surface area (Å²) in [5.74, 6) is -2.41. The van der Waals surface area contributed by atoms with Gasteiger partial charge in [0.25, 0.3) is 0 Å². The van der Waals surface area contributed by atoms with Gasteiger partial charge in [0.05, 0.1) is 18.1 Å². The SMILES string of the molecule is CC(=O)c1ccc(NC(=O)N2CCC(=O)N3[C@@H]2CN(CCc2cccc(F)c2)C(=O)[C@@H]3CS(=O)(=O)Cc2ccccc2)cc1. The van der Waals surface area contributed by atoms with Gasteiger partial charge in [-0.15, -0.1) is 0 Å². The van der Waals surface area contributed by atoms with E-state index in [4.69, 9.17) is 0 Å².